The third kappa shape index (κ3) is 4.11. The van der Waals surface area contributed by atoms with Crippen molar-refractivity contribution < 1.29 is 9.18 Å². The van der Waals surface area contributed by atoms with Crippen molar-refractivity contribution in [2.24, 2.45) is 5.92 Å². The standard InChI is InChI=1S/C21H22FN5O/c22-17-8-6-16(7-9-17)20-19(13-24-26-20)21(28)23-11-10-15-12-25-27(14-15)18-4-2-1-3-5-18/h1-9,12,14,19-20,24,26H,10-11,13H2,(H,23,28). The van der Waals surface area contributed by atoms with Gasteiger partial charge in [0.15, 0.2) is 0 Å². The van der Waals surface area contributed by atoms with Crippen molar-refractivity contribution >= 4 is 5.91 Å². The van der Waals surface area contributed by atoms with E-state index in [0.717, 1.165) is 16.8 Å². The second kappa shape index (κ2) is 8.33. The van der Waals surface area contributed by atoms with Crippen LogP contribution in [-0.4, -0.2) is 28.8 Å². The molecule has 0 aliphatic carbocycles. The minimum absolute atomic E-state index is 0.0257. The van der Waals surface area contributed by atoms with Crippen LogP contribution in [0.4, 0.5) is 4.39 Å². The lowest BCUT2D eigenvalue weighted by atomic mass is 9.94. The van der Waals surface area contributed by atoms with Crippen LogP contribution >= 0.6 is 0 Å². The van der Waals surface area contributed by atoms with Crippen LogP contribution in [0.1, 0.15) is 17.2 Å². The molecule has 2 heterocycles. The Morgan fingerprint density at radius 1 is 1.18 bits per heavy atom. The fourth-order valence-corrected chi connectivity index (χ4v) is 3.40. The van der Waals surface area contributed by atoms with Crippen LogP contribution in [0.5, 0.6) is 0 Å². The van der Waals surface area contributed by atoms with E-state index in [1.807, 2.05) is 47.4 Å². The molecule has 4 rings (SSSR count). The van der Waals surface area contributed by atoms with E-state index < -0.39 is 0 Å². The molecule has 3 N–H and O–H groups in total. The first kappa shape index (κ1) is 18.3. The van der Waals surface area contributed by atoms with Crippen molar-refractivity contribution in [3.8, 4) is 5.69 Å². The van der Waals surface area contributed by atoms with Gasteiger partial charge in [-0.25, -0.2) is 14.5 Å². The Hall–Kier alpha value is -3.03. The number of hydrogen-bond donors (Lipinski definition) is 3. The van der Waals surface area contributed by atoms with Gasteiger partial charge in [-0.05, 0) is 41.8 Å². The number of nitrogens with one attached hydrogen (secondary N) is 3. The second-order valence-corrected chi connectivity index (χ2v) is 6.83. The van der Waals surface area contributed by atoms with E-state index in [0.29, 0.717) is 19.5 Å². The molecule has 2 aromatic carbocycles. The molecular weight excluding hydrogens is 357 g/mol. The van der Waals surface area contributed by atoms with Crippen molar-refractivity contribution in [2.45, 2.75) is 12.5 Å². The Morgan fingerprint density at radius 2 is 1.96 bits per heavy atom. The van der Waals surface area contributed by atoms with Gasteiger partial charge in [0, 0.05) is 19.3 Å². The molecule has 2 unspecified atom stereocenters. The summed E-state index contributed by atoms with van der Waals surface area (Å²) in [6.07, 6.45) is 4.49. The van der Waals surface area contributed by atoms with Gasteiger partial charge in [-0.3, -0.25) is 10.2 Å². The lowest BCUT2D eigenvalue weighted by molar-refractivity contribution is -0.124. The lowest BCUT2D eigenvalue weighted by Crippen LogP contribution is -2.36. The van der Waals surface area contributed by atoms with Gasteiger partial charge in [0.2, 0.25) is 5.91 Å². The predicted molar refractivity (Wildman–Crippen MR) is 104 cm³/mol. The van der Waals surface area contributed by atoms with Crippen LogP contribution < -0.4 is 16.2 Å². The van der Waals surface area contributed by atoms with Gasteiger partial charge >= 0.3 is 0 Å². The smallest absolute Gasteiger partial charge is 0.226 e. The maximum absolute atomic E-state index is 13.1. The summed E-state index contributed by atoms with van der Waals surface area (Å²) in [4.78, 5) is 12.6. The number of amides is 1. The van der Waals surface area contributed by atoms with Crippen LogP contribution in [0.3, 0.4) is 0 Å². The molecule has 6 nitrogen and oxygen atoms in total. The van der Waals surface area contributed by atoms with Crippen LogP contribution in [0.2, 0.25) is 0 Å². The number of nitrogens with zero attached hydrogens (tertiary/aromatic N) is 2. The predicted octanol–water partition coefficient (Wildman–Crippen LogP) is 2.14. The highest BCUT2D eigenvalue weighted by molar-refractivity contribution is 5.80. The molecule has 0 spiro atoms. The highest BCUT2D eigenvalue weighted by Crippen LogP contribution is 2.25. The molecule has 0 radical (unpaired) electrons. The normalized spacial score (nSPS) is 18.9. The zero-order chi connectivity index (χ0) is 19.3. The summed E-state index contributed by atoms with van der Waals surface area (Å²) >= 11 is 0. The number of aromatic nitrogens is 2. The van der Waals surface area contributed by atoms with E-state index in [1.165, 1.54) is 12.1 Å². The Morgan fingerprint density at radius 3 is 2.75 bits per heavy atom. The summed E-state index contributed by atoms with van der Waals surface area (Å²) in [7, 11) is 0. The first-order valence-corrected chi connectivity index (χ1v) is 9.31. The number of rotatable bonds is 6. The molecule has 144 valence electrons. The first-order chi connectivity index (χ1) is 13.7. The summed E-state index contributed by atoms with van der Waals surface area (Å²) in [6, 6.07) is 16.0. The second-order valence-electron chi connectivity index (χ2n) is 6.83. The molecule has 1 aromatic heterocycles. The largest absolute Gasteiger partial charge is 0.355 e. The van der Waals surface area contributed by atoms with E-state index in [1.54, 1.807) is 12.1 Å². The fourth-order valence-electron chi connectivity index (χ4n) is 3.40. The van der Waals surface area contributed by atoms with E-state index >= 15 is 0 Å². The summed E-state index contributed by atoms with van der Waals surface area (Å²) < 4.78 is 15.0. The molecule has 2 atom stereocenters. The summed E-state index contributed by atoms with van der Waals surface area (Å²) in [5.41, 5.74) is 9.08. The van der Waals surface area contributed by atoms with Gasteiger partial charge in [-0.15, -0.1) is 0 Å². The molecule has 0 saturated carbocycles. The van der Waals surface area contributed by atoms with Crippen LogP contribution in [-0.2, 0) is 11.2 Å². The minimum Gasteiger partial charge on any atom is -0.355 e. The summed E-state index contributed by atoms with van der Waals surface area (Å²) in [5.74, 6) is -0.563. The third-order valence-electron chi connectivity index (χ3n) is 4.92. The number of carbonyl (C=O) groups is 1. The van der Waals surface area contributed by atoms with Crippen LogP contribution in [0.15, 0.2) is 67.0 Å². The molecule has 7 heteroatoms. The zero-order valence-electron chi connectivity index (χ0n) is 15.3. The quantitative estimate of drug-likeness (QED) is 0.614. The van der Waals surface area contributed by atoms with E-state index in [9.17, 15) is 9.18 Å². The number of para-hydroxylation sites is 1. The Labute approximate surface area is 162 Å². The number of hydrazine groups is 1. The molecule has 1 fully saturated rings. The highest BCUT2D eigenvalue weighted by atomic mass is 19.1. The topological polar surface area (TPSA) is 71.0 Å². The van der Waals surface area contributed by atoms with Crippen molar-refractivity contribution in [1.29, 1.82) is 0 Å². The SMILES string of the molecule is O=C(NCCc1cnn(-c2ccccc2)c1)C1CNNC1c1ccc(F)cc1. The maximum Gasteiger partial charge on any atom is 0.226 e. The van der Waals surface area contributed by atoms with Crippen LogP contribution in [0, 0.1) is 11.7 Å². The Bertz CT molecular complexity index is 925. The number of hydrogen-bond acceptors (Lipinski definition) is 4. The van der Waals surface area contributed by atoms with Crippen molar-refractivity contribution in [3.63, 3.8) is 0 Å². The van der Waals surface area contributed by atoms with Gasteiger partial charge in [-0.2, -0.15) is 5.10 Å². The molecule has 1 aliphatic heterocycles. The summed E-state index contributed by atoms with van der Waals surface area (Å²) in [6.45, 7) is 1.06. The monoisotopic (exact) mass is 379 g/mol. The average Bonchev–Trinajstić information content (AvgIpc) is 3.39. The molecule has 1 amide bonds. The molecule has 0 bridgehead atoms. The van der Waals surface area contributed by atoms with Gasteiger partial charge in [0.1, 0.15) is 5.82 Å². The lowest BCUT2D eigenvalue weighted by Gasteiger charge is -2.18. The van der Waals surface area contributed by atoms with Crippen molar-refractivity contribution in [2.75, 3.05) is 13.1 Å². The average molecular weight is 379 g/mol. The van der Waals surface area contributed by atoms with Gasteiger partial charge in [0.25, 0.3) is 0 Å². The van der Waals surface area contributed by atoms with Crippen molar-refractivity contribution in [3.05, 3.63) is 83.9 Å². The van der Waals surface area contributed by atoms with Crippen LogP contribution in [0.25, 0.3) is 5.69 Å². The first-order valence-electron chi connectivity index (χ1n) is 9.31. The van der Waals surface area contributed by atoms with Gasteiger partial charge in [-0.1, -0.05) is 30.3 Å². The Balaban J connectivity index is 1.32. The number of carbonyl (C=O) groups excluding carboxylic acids is 1. The van der Waals surface area contributed by atoms with Gasteiger partial charge in [0.05, 0.1) is 23.8 Å². The molecule has 28 heavy (non-hydrogen) atoms. The van der Waals surface area contributed by atoms with Crippen molar-refractivity contribution in [1.82, 2.24) is 25.9 Å². The molecule has 3 aromatic rings. The summed E-state index contributed by atoms with van der Waals surface area (Å²) in [5, 5.41) is 7.38. The molecule has 1 aliphatic rings. The number of halogens is 1. The maximum atomic E-state index is 13.1. The van der Waals surface area contributed by atoms with Gasteiger partial charge < -0.3 is 5.32 Å². The third-order valence-corrected chi connectivity index (χ3v) is 4.92. The fraction of sp³-hybridized carbons (Fsp3) is 0.238. The Kier molecular flexibility index (Phi) is 5.45. The van der Waals surface area contributed by atoms with E-state index in [2.05, 4.69) is 21.3 Å². The highest BCUT2D eigenvalue weighted by Gasteiger charge is 2.33. The molecular formula is C21H22FN5O. The number of benzene rings is 2. The van der Waals surface area contributed by atoms with E-state index in [-0.39, 0.29) is 23.7 Å². The molecule has 1 saturated heterocycles. The minimum atomic E-state index is -0.285. The van der Waals surface area contributed by atoms with E-state index in [4.69, 9.17) is 0 Å². The zero-order valence-corrected chi connectivity index (χ0v) is 15.3.